The number of fused-ring (bicyclic) bond motifs is 1. The number of aromatic hydroxyl groups is 1. The van der Waals surface area contributed by atoms with Gasteiger partial charge in [-0.3, -0.25) is 4.79 Å². The Morgan fingerprint density at radius 1 is 1.32 bits per heavy atom. The minimum Gasteiger partial charge on any atom is -0.494 e. The number of rotatable bonds is 5. The van der Waals surface area contributed by atoms with Crippen molar-refractivity contribution in [2.45, 2.75) is 30.7 Å². The highest BCUT2D eigenvalue weighted by molar-refractivity contribution is 7.90. The van der Waals surface area contributed by atoms with Crippen molar-refractivity contribution in [2.75, 3.05) is 6.26 Å². The molecule has 0 aliphatic heterocycles. The standard InChI is InChI=1S/C16H20N4O4S/c1-25(23,24)10-4-5-11-12(6-10)13(7-14(21)19-16(17)18)20(15(11)22)8-9-2-3-9/h4-6,9,22H,2-3,7-8H2,1H3,(H4,17,18,19,21). The lowest BCUT2D eigenvalue weighted by Crippen LogP contribution is -2.24. The van der Waals surface area contributed by atoms with E-state index in [1.807, 2.05) is 0 Å². The quantitative estimate of drug-likeness (QED) is 0.521. The minimum atomic E-state index is -3.42. The van der Waals surface area contributed by atoms with Crippen LogP contribution >= 0.6 is 0 Å². The summed E-state index contributed by atoms with van der Waals surface area (Å²) in [5.41, 5.74) is 11.0. The molecule has 1 amide bonds. The highest BCUT2D eigenvalue weighted by Crippen LogP contribution is 2.38. The molecule has 1 aliphatic rings. The van der Waals surface area contributed by atoms with Crippen LogP contribution in [0.25, 0.3) is 10.8 Å². The topological polar surface area (TPSA) is 141 Å². The largest absolute Gasteiger partial charge is 0.494 e. The Hall–Kier alpha value is -2.55. The van der Waals surface area contributed by atoms with Gasteiger partial charge in [0.05, 0.1) is 11.3 Å². The summed E-state index contributed by atoms with van der Waals surface area (Å²) in [7, 11) is -3.42. The number of benzene rings is 1. The molecule has 25 heavy (non-hydrogen) atoms. The van der Waals surface area contributed by atoms with Crippen LogP contribution in [0.4, 0.5) is 0 Å². The minimum absolute atomic E-state index is 0.0226. The highest BCUT2D eigenvalue weighted by atomic mass is 32.2. The summed E-state index contributed by atoms with van der Waals surface area (Å²) in [5.74, 6) is -0.426. The van der Waals surface area contributed by atoms with E-state index in [1.165, 1.54) is 12.1 Å². The lowest BCUT2D eigenvalue weighted by Gasteiger charge is -2.09. The Labute approximate surface area is 145 Å². The SMILES string of the molecule is CS(=O)(=O)c1ccc2c(O)n(CC3CC3)c(CC(=O)N=C(N)N)c2c1. The first-order valence-electron chi connectivity index (χ1n) is 7.83. The van der Waals surface area contributed by atoms with Crippen molar-refractivity contribution in [3.8, 4) is 5.88 Å². The maximum atomic E-state index is 12.1. The van der Waals surface area contributed by atoms with Gasteiger partial charge in [0.15, 0.2) is 21.7 Å². The molecule has 1 aromatic heterocycles. The number of hydrogen-bond acceptors (Lipinski definition) is 4. The third kappa shape index (κ3) is 3.60. The number of hydrogen-bond donors (Lipinski definition) is 3. The van der Waals surface area contributed by atoms with E-state index in [4.69, 9.17) is 11.5 Å². The van der Waals surface area contributed by atoms with Gasteiger partial charge in [-0.2, -0.15) is 4.99 Å². The predicted octanol–water partition coefficient (Wildman–Crippen LogP) is 0.503. The molecule has 1 aliphatic carbocycles. The van der Waals surface area contributed by atoms with Gasteiger partial charge in [-0.05, 0) is 37.0 Å². The smallest absolute Gasteiger partial charge is 0.254 e. The summed E-state index contributed by atoms with van der Waals surface area (Å²) in [6, 6.07) is 4.48. The molecule has 9 heteroatoms. The molecule has 1 aromatic carbocycles. The average molecular weight is 364 g/mol. The van der Waals surface area contributed by atoms with Gasteiger partial charge in [0.25, 0.3) is 5.91 Å². The fourth-order valence-corrected chi connectivity index (χ4v) is 3.53. The van der Waals surface area contributed by atoms with Crippen LogP contribution in [0.5, 0.6) is 5.88 Å². The fourth-order valence-electron chi connectivity index (χ4n) is 2.88. The van der Waals surface area contributed by atoms with Crippen LogP contribution in [0, 0.1) is 5.92 Å². The Kier molecular flexibility index (Phi) is 4.19. The molecule has 1 fully saturated rings. The summed E-state index contributed by atoms with van der Waals surface area (Å²) in [5, 5.41) is 11.6. The number of aromatic nitrogens is 1. The number of nitrogens with two attached hydrogens (primary N) is 2. The van der Waals surface area contributed by atoms with Gasteiger partial charge in [-0.25, -0.2) is 8.42 Å². The van der Waals surface area contributed by atoms with Gasteiger partial charge in [-0.1, -0.05) is 0 Å². The van der Waals surface area contributed by atoms with Crippen LogP contribution in [-0.2, 0) is 27.6 Å². The second kappa shape index (κ2) is 6.07. The van der Waals surface area contributed by atoms with Crippen molar-refractivity contribution in [1.29, 1.82) is 0 Å². The van der Waals surface area contributed by atoms with Gasteiger partial charge in [0.1, 0.15) is 0 Å². The second-order valence-electron chi connectivity index (χ2n) is 6.41. The molecule has 0 atom stereocenters. The molecular weight excluding hydrogens is 344 g/mol. The van der Waals surface area contributed by atoms with Crippen molar-refractivity contribution in [2.24, 2.45) is 22.4 Å². The zero-order chi connectivity index (χ0) is 18.4. The van der Waals surface area contributed by atoms with Gasteiger partial charge in [0, 0.05) is 29.3 Å². The molecule has 3 rings (SSSR count). The third-order valence-corrected chi connectivity index (χ3v) is 5.37. The van der Waals surface area contributed by atoms with Crippen molar-refractivity contribution < 1.29 is 18.3 Å². The summed E-state index contributed by atoms with van der Waals surface area (Å²) >= 11 is 0. The number of carbonyl (C=O) groups is 1. The normalized spacial score (nSPS) is 14.6. The zero-order valence-corrected chi connectivity index (χ0v) is 14.6. The Morgan fingerprint density at radius 3 is 2.56 bits per heavy atom. The number of aliphatic imine (C=N–C) groups is 1. The van der Waals surface area contributed by atoms with E-state index < -0.39 is 15.7 Å². The fraction of sp³-hybridized carbons (Fsp3) is 0.375. The molecule has 8 nitrogen and oxygen atoms in total. The molecule has 1 saturated carbocycles. The Bertz CT molecular complexity index is 983. The van der Waals surface area contributed by atoms with Crippen molar-refractivity contribution >= 4 is 32.5 Å². The Balaban J connectivity index is 2.17. The number of nitrogens with zero attached hydrogens (tertiary/aromatic N) is 2. The number of carbonyl (C=O) groups excluding carboxylic acids is 1. The van der Waals surface area contributed by atoms with E-state index in [-0.39, 0.29) is 23.2 Å². The lowest BCUT2D eigenvalue weighted by atomic mass is 10.1. The summed E-state index contributed by atoms with van der Waals surface area (Å²) in [6.07, 6.45) is 3.10. The molecule has 0 spiro atoms. The van der Waals surface area contributed by atoms with E-state index in [0.29, 0.717) is 28.9 Å². The van der Waals surface area contributed by atoms with Crippen LogP contribution in [0.3, 0.4) is 0 Å². The molecule has 5 N–H and O–H groups in total. The molecule has 0 saturated heterocycles. The molecule has 0 unspecified atom stereocenters. The third-order valence-electron chi connectivity index (χ3n) is 4.26. The lowest BCUT2D eigenvalue weighted by molar-refractivity contribution is -0.117. The zero-order valence-electron chi connectivity index (χ0n) is 13.8. The molecule has 2 aromatic rings. The summed E-state index contributed by atoms with van der Waals surface area (Å²) < 4.78 is 25.3. The van der Waals surface area contributed by atoms with E-state index in [9.17, 15) is 18.3 Å². The summed E-state index contributed by atoms with van der Waals surface area (Å²) in [6.45, 7) is 0.569. The number of amides is 1. The van der Waals surface area contributed by atoms with Crippen molar-refractivity contribution in [3.05, 3.63) is 23.9 Å². The molecule has 134 valence electrons. The second-order valence-corrected chi connectivity index (χ2v) is 8.43. The molecular formula is C16H20N4O4S. The first kappa shape index (κ1) is 17.3. The summed E-state index contributed by atoms with van der Waals surface area (Å²) in [4.78, 5) is 15.7. The first-order valence-corrected chi connectivity index (χ1v) is 9.72. The van der Waals surface area contributed by atoms with Crippen LogP contribution in [-0.4, -0.2) is 36.2 Å². The highest BCUT2D eigenvalue weighted by Gasteiger charge is 2.27. The van der Waals surface area contributed by atoms with E-state index in [0.717, 1.165) is 19.1 Å². The average Bonchev–Trinajstić information content (AvgIpc) is 3.28. The first-order chi connectivity index (χ1) is 11.7. The number of sulfone groups is 1. The van der Waals surface area contributed by atoms with Crippen LogP contribution < -0.4 is 11.5 Å². The van der Waals surface area contributed by atoms with Crippen molar-refractivity contribution in [3.63, 3.8) is 0 Å². The number of guanidine groups is 1. The Morgan fingerprint density at radius 2 is 2.00 bits per heavy atom. The van der Waals surface area contributed by atoms with Crippen LogP contribution in [0.2, 0.25) is 0 Å². The monoisotopic (exact) mass is 364 g/mol. The van der Waals surface area contributed by atoms with Gasteiger partial charge in [-0.15, -0.1) is 0 Å². The molecule has 1 heterocycles. The molecule has 0 bridgehead atoms. The maximum Gasteiger partial charge on any atom is 0.254 e. The van der Waals surface area contributed by atoms with E-state index >= 15 is 0 Å². The maximum absolute atomic E-state index is 12.1. The van der Waals surface area contributed by atoms with Gasteiger partial charge < -0.3 is 21.1 Å². The van der Waals surface area contributed by atoms with Crippen LogP contribution in [0.15, 0.2) is 28.1 Å². The van der Waals surface area contributed by atoms with Crippen molar-refractivity contribution in [1.82, 2.24) is 4.57 Å². The predicted molar refractivity (Wildman–Crippen MR) is 94.0 cm³/mol. The van der Waals surface area contributed by atoms with E-state index in [2.05, 4.69) is 4.99 Å². The molecule has 0 radical (unpaired) electrons. The van der Waals surface area contributed by atoms with Crippen LogP contribution in [0.1, 0.15) is 18.5 Å². The van der Waals surface area contributed by atoms with Gasteiger partial charge in [0.2, 0.25) is 0 Å². The van der Waals surface area contributed by atoms with Gasteiger partial charge >= 0.3 is 0 Å². The van der Waals surface area contributed by atoms with E-state index in [1.54, 1.807) is 10.6 Å².